The lowest BCUT2D eigenvalue weighted by Gasteiger charge is -2.34. The maximum Gasteiger partial charge on any atom is 0.300 e. The lowest BCUT2D eigenvalue weighted by Crippen LogP contribution is -2.48. The molecule has 33 heavy (non-hydrogen) atoms. The highest BCUT2D eigenvalue weighted by Crippen LogP contribution is 2.30. The van der Waals surface area contributed by atoms with Gasteiger partial charge in [0.1, 0.15) is 5.69 Å². The van der Waals surface area contributed by atoms with Crippen LogP contribution >= 0.6 is 0 Å². The molecule has 1 amide bonds. The van der Waals surface area contributed by atoms with Crippen molar-refractivity contribution in [3.63, 3.8) is 0 Å². The van der Waals surface area contributed by atoms with E-state index in [1.54, 1.807) is 6.20 Å². The molecular weight excluding hydrogens is 420 g/mol. The fraction of sp³-hybridized carbons (Fsp3) is 0.375. The lowest BCUT2D eigenvalue weighted by atomic mass is 10.1. The number of amides is 1. The van der Waals surface area contributed by atoms with Gasteiger partial charge in [-0.3, -0.25) is 19.9 Å². The molecule has 3 aromatic rings. The Kier molecular flexibility index (Phi) is 6.79. The third kappa shape index (κ3) is 5.09. The number of carbonyl (C=O) groups excluding carboxylic acids is 1. The Morgan fingerprint density at radius 3 is 2.48 bits per heavy atom. The zero-order valence-corrected chi connectivity index (χ0v) is 18.8. The van der Waals surface area contributed by atoms with E-state index in [1.807, 2.05) is 41.3 Å². The summed E-state index contributed by atoms with van der Waals surface area (Å²) in [6, 6.07) is 16.3. The summed E-state index contributed by atoms with van der Waals surface area (Å²) >= 11 is 0. The van der Waals surface area contributed by atoms with E-state index in [1.165, 1.54) is 5.56 Å². The summed E-state index contributed by atoms with van der Waals surface area (Å²) in [6.07, 6.45) is 3.59. The monoisotopic (exact) mass is 448 g/mol. The summed E-state index contributed by atoms with van der Waals surface area (Å²) in [5.74, 6) is 0.905. The van der Waals surface area contributed by atoms with Crippen LogP contribution in [0, 0.1) is 0 Å². The molecule has 9 heteroatoms. The number of aromatic nitrogens is 4. The first-order valence-corrected chi connectivity index (χ1v) is 11.1. The third-order valence-electron chi connectivity index (χ3n) is 5.88. The van der Waals surface area contributed by atoms with Crippen LogP contribution in [0.1, 0.15) is 50.2 Å². The molecular formula is C24H28N6O3. The molecule has 5 rings (SSSR count). The molecule has 0 saturated carbocycles. The number of carbonyl (C=O) groups is 2. The molecule has 2 aromatic heterocycles. The van der Waals surface area contributed by atoms with Crippen molar-refractivity contribution >= 4 is 11.9 Å². The molecule has 1 aromatic carbocycles. The number of nitrogens with one attached hydrogen (secondary N) is 1. The summed E-state index contributed by atoms with van der Waals surface area (Å²) in [4.78, 5) is 28.5. The van der Waals surface area contributed by atoms with Crippen molar-refractivity contribution in [1.82, 2.24) is 30.0 Å². The van der Waals surface area contributed by atoms with Gasteiger partial charge in [0.25, 0.3) is 5.97 Å². The van der Waals surface area contributed by atoms with Crippen LogP contribution in [0.15, 0.2) is 54.7 Å². The van der Waals surface area contributed by atoms with Crippen LogP contribution in [0.2, 0.25) is 0 Å². The van der Waals surface area contributed by atoms with Gasteiger partial charge in [0.15, 0.2) is 11.6 Å². The van der Waals surface area contributed by atoms with Crippen LogP contribution in [0.5, 0.6) is 0 Å². The number of nitrogens with zero attached hydrogens (tertiary/aromatic N) is 5. The predicted molar refractivity (Wildman–Crippen MR) is 122 cm³/mol. The maximum atomic E-state index is 13.2. The maximum absolute atomic E-state index is 13.2. The number of hydrogen-bond donors (Lipinski definition) is 2. The van der Waals surface area contributed by atoms with E-state index in [0.717, 1.165) is 37.1 Å². The van der Waals surface area contributed by atoms with Gasteiger partial charge in [-0.1, -0.05) is 36.4 Å². The number of carboxylic acids is 1. The van der Waals surface area contributed by atoms with Crippen molar-refractivity contribution in [1.29, 1.82) is 0 Å². The van der Waals surface area contributed by atoms with Crippen LogP contribution < -0.4 is 5.32 Å². The molecule has 0 bridgehead atoms. The van der Waals surface area contributed by atoms with Gasteiger partial charge >= 0.3 is 0 Å². The van der Waals surface area contributed by atoms with Crippen molar-refractivity contribution < 1.29 is 14.7 Å². The van der Waals surface area contributed by atoms with Crippen LogP contribution in [0.3, 0.4) is 0 Å². The third-order valence-corrected chi connectivity index (χ3v) is 5.88. The predicted octanol–water partition coefficient (Wildman–Crippen LogP) is 2.83. The van der Waals surface area contributed by atoms with Crippen molar-refractivity contribution in [3.05, 3.63) is 66.1 Å². The van der Waals surface area contributed by atoms with E-state index < -0.39 is 5.97 Å². The standard InChI is InChI=1S/C22H24N6O.C2H4O2/c1-15-13-27(14-20-25-26-21(28(15)20)18-9-5-6-12-23-18)22(29)19-11-10-17(24-19)16-7-3-2-4-8-16;1-2(3)4/h2-9,12,15,17,19,24H,10-11,13-14H2,1H3;1H3,(H,3,4)/t15-,17+,19+;/m0./s1. The molecule has 4 heterocycles. The molecule has 2 aliphatic rings. The first-order valence-electron chi connectivity index (χ1n) is 11.1. The number of benzene rings is 1. The fourth-order valence-corrected chi connectivity index (χ4v) is 4.47. The summed E-state index contributed by atoms with van der Waals surface area (Å²) in [7, 11) is 0. The molecule has 3 atom stereocenters. The Labute approximate surface area is 192 Å². The topological polar surface area (TPSA) is 113 Å². The lowest BCUT2D eigenvalue weighted by molar-refractivity contribution is -0.135. The Bertz CT molecular complexity index is 1100. The number of hydrogen-bond acceptors (Lipinski definition) is 6. The molecule has 2 aliphatic heterocycles. The van der Waals surface area contributed by atoms with E-state index >= 15 is 0 Å². The zero-order valence-electron chi connectivity index (χ0n) is 18.8. The van der Waals surface area contributed by atoms with Crippen molar-refractivity contribution in [2.45, 2.75) is 51.4 Å². The van der Waals surface area contributed by atoms with Crippen molar-refractivity contribution in [2.24, 2.45) is 0 Å². The zero-order chi connectivity index (χ0) is 23.4. The summed E-state index contributed by atoms with van der Waals surface area (Å²) in [6.45, 7) is 4.32. The van der Waals surface area contributed by atoms with Crippen LogP contribution in [-0.4, -0.2) is 54.2 Å². The minimum Gasteiger partial charge on any atom is -0.481 e. The molecule has 9 nitrogen and oxygen atoms in total. The molecule has 1 saturated heterocycles. The highest BCUT2D eigenvalue weighted by molar-refractivity contribution is 5.82. The Morgan fingerprint density at radius 1 is 1.06 bits per heavy atom. The number of rotatable bonds is 3. The van der Waals surface area contributed by atoms with E-state index in [-0.39, 0.29) is 24.0 Å². The number of carboxylic acid groups (broad SMARTS) is 1. The summed E-state index contributed by atoms with van der Waals surface area (Å²) < 4.78 is 2.11. The molecule has 0 unspecified atom stereocenters. The van der Waals surface area contributed by atoms with Gasteiger partial charge < -0.3 is 14.6 Å². The first kappa shape index (κ1) is 22.6. The minimum atomic E-state index is -0.833. The van der Waals surface area contributed by atoms with Gasteiger partial charge in [0.05, 0.1) is 18.6 Å². The number of fused-ring (bicyclic) bond motifs is 1. The van der Waals surface area contributed by atoms with E-state index in [0.29, 0.717) is 13.1 Å². The summed E-state index contributed by atoms with van der Waals surface area (Å²) in [5.41, 5.74) is 2.05. The number of pyridine rings is 1. The highest BCUT2D eigenvalue weighted by Gasteiger charge is 2.36. The average Bonchev–Trinajstić information content (AvgIpc) is 3.47. The van der Waals surface area contributed by atoms with E-state index in [2.05, 4.69) is 44.1 Å². The first-order chi connectivity index (χ1) is 15.9. The molecule has 0 radical (unpaired) electrons. The van der Waals surface area contributed by atoms with Gasteiger partial charge in [-0.05, 0) is 37.5 Å². The Hall–Kier alpha value is -3.59. The SMILES string of the molecule is CC(=O)O.C[C@H]1CN(C(=O)[C@H]2CC[C@H](c3ccccc3)N2)Cc2nnc(-c3ccccn3)n21. The molecule has 2 N–H and O–H groups in total. The van der Waals surface area contributed by atoms with Crippen LogP contribution in [-0.2, 0) is 16.1 Å². The second kappa shape index (κ2) is 9.91. The number of aliphatic carboxylic acids is 1. The van der Waals surface area contributed by atoms with Crippen molar-refractivity contribution in [3.8, 4) is 11.5 Å². The summed E-state index contributed by atoms with van der Waals surface area (Å²) in [5, 5.41) is 19.7. The smallest absolute Gasteiger partial charge is 0.300 e. The van der Waals surface area contributed by atoms with Crippen molar-refractivity contribution in [2.75, 3.05) is 6.54 Å². The molecule has 0 aliphatic carbocycles. The second-order valence-corrected chi connectivity index (χ2v) is 8.37. The quantitative estimate of drug-likeness (QED) is 0.633. The van der Waals surface area contributed by atoms with Gasteiger partial charge in [-0.2, -0.15) is 0 Å². The normalized spacial score (nSPS) is 21.6. The minimum absolute atomic E-state index is 0.0982. The molecule has 172 valence electrons. The highest BCUT2D eigenvalue weighted by atomic mass is 16.4. The molecule has 0 spiro atoms. The largest absolute Gasteiger partial charge is 0.481 e. The Balaban J connectivity index is 0.000000601. The van der Waals surface area contributed by atoms with Gasteiger partial charge in [0, 0.05) is 25.7 Å². The van der Waals surface area contributed by atoms with Gasteiger partial charge in [0.2, 0.25) is 5.91 Å². The molecule has 1 fully saturated rings. The van der Waals surface area contributed by atoms with Gasteiger partial charge in [-0.15, -0.1) is 10.2 Å². The van der Waals surface area contributed by atoms with E-state index in [4.69, 9.17) is 9.90 Å². The average molecular weight is 449 g/mol. The van der Waals surface area contributed by atoms with Crippen LogP contribution in [0.25, 0.3) is 11.5 Å². The Morgan fingerprint density at radius 2 is 1.79 bits per heavy atom. The van der Waals surface area contributed by atoms with Gasteiger partial charge in [-0.25, -0.2) is 0 Å². The fourth-order valence-electron chi connectivity index (χ4n) is 4.47. The van der Waals surface area contributed by atoms with E-state index in [9.17, 15) is 4.79 Å². The van der Waals surface area contributed by atoms with Crippen LogP contribution in [0.4, 0.5) is 0 Å². The second-order valence-electron chi connectivity index (χ2n) is 8.37.